The summed E-state index contributed by atoms with van der Waals surface area (Å²) in [5.74, 6) is -3.06. The summed E-state index contributed by atoms with van der Waals surface area (Å²) >= 11 is 0. The van der Waals surface area contributed by atoms with Crippen molar-refractivity contribution in [1.29, 1.82) is 0 Å². The molecule has 3 aromatic rings. The van der Waals surface area contributed by atoms with Crippen LogP contribution < -0.4 is 14.9 Å². The van der Waals surface area contributed by atoms with E-state index in [-0.39, 0.29) is 29.1 Å². The van der Waals surface area contributed by atoms with Crippen molar-refractivity contribution in [3.63, 3.8) is 0 Å². The molecule has 1 atom stereocenters. The van der Waals surface area contributed by atoms with Gasteiger partial charge in [-0.25, -0.2) is 4.79 Å². The van der Waals surface area contributed by atoms with Crippen LogP contribution in [0.2, 0.25) is 0 Å². The molecule has 0 unspecified atom stereocenters. The number of hydrogen-bond acceptors (Lipinski definition) is 6. The first-order valence-electron chi connectivity index (χ1n) is 9.36. The average Bonchev–Trinajstić information content (AvgIpc) is 2.69. The zero-order chi connectivity index (χ0) is 22.8. The van der Waals surface area contributed by atoms with E-state index in [1.165, 1.54) is 31.2 Å². The number of esters is 1. The Morgan fingerprint density at radius 3 is 2.52 bits per heavy atom. The molecule has 164 valence electrons. The molecule has 0 aliphatic heterocycles. The van der Waals surface area contributed by atoms with Crippen LogP contribution in [0.4, 0.5) is 13.2 Å². The van der Waals surface area contributed by atoms with E-state index in [0.29, 0.717) is 0 Å². The van der Waals surface area contributed by atoms with E-state index >= 15 is 0 Å². The Bertz CT molecular complexity index is 1170. The molecule has 0 radical (unpaired) electrons. The molecular formula is C22H19F3O6. The van der Waals surface area contributed by atoms with Gasteiger partial charge in [-0.2, -0.15) is 13.2 Å². The van der Waals surface area contributed by atoms with Crippen molar-refractivity contribution >= 4 is 16.9 Å². The Labute approximate surface area is 175 Å². The highest BCUT2D eigenvalue weighted by Crippen LogP contribution is 2.38. The van der Waals surface area contributed by atoms with E-state index in [4.69, 9.17) is 18.6 Å². The number of benzene rings is 2. The van der Waals surface area contributed by atoms with Crippen molar-refractivity contribution < 1.29 is 36.6 Å². The van der Waals surface area contributed by atoms with Gasteiger partial charge < -0.3 is 18.6 Å². The van der Waals surface area contributed by atoms with Gasteiger partial charge in [0.1, 0.15) is 17.1 Å². The third-order valence-corrected chi connectivity index (χ3v) is 4.22. The molecule has 0 spiro atoms. The smallest absolute Gasteiger partial charge is 0.453 e. The number of aryl methyl sites for hydroxylation is 1. The lowest BCUT2D eigenvalue weighted by Crippen LogP contribution is -2.26. The lowest BCUT2D eigenvalue weighted by molar-refractivity contribution is -0.154. The molecule has 2 aromatic carbocycles. The fourth-order valence-corrected chi connectivity index (χ4v) is 2.82. The number of fused-ring (bicyclic) bond motifs is 1. The molecule has 0 saturated heterocycles. The predicted molar refractivity (Wildman–Crippen MR) is 105 cm³/mol. The second-order valence-corrected chi connectivity index (χ2v) is 6.68. The molecule has 0 saturated carbocycles. The largest absolute Gasteiger partial charge is 0.479 e. The Morgan fingerprint density at radius 2 is 1.87 bits per heavy atom. The van der Waals surface area contributed by atoms with Crippen LogP contribution in [0.5, 0.6) is 17.2 Å². The predicted octanol–water partition coefficient (Wildman–Crippen LogP) is 5.24. The van der Waals surface area contributed by atoms with Gasteiger partial charge in [-0.3, -0.25) is 4.79 Å². The molecule has 0 aliphatic carbocycles. The van der Waals surface area contributed by atoms with Gasteiger partial charge in [0.2, 0.25) is 11.2 Å². The molecule has 0 N–H and O–H groups in total. The van der Waals surface area contributed by atoms with Crippen molar-refractivity contribution in [3.8, 4) is 17.2 Å². The highest BCUT2D eigenvalue weighted by Gasteiger charge is 2.40. The molecular weight excluding hydrogens is 417 g/mol. The van der Waals surface area contributed by atoms with Crippen LogP contribution in [0.25, 0.3) is 11.0 Å². The van der Waals surface area contributed by atoms with Crippen LogP contribution in [-0.4, -0.2) is 18.7 Å². The van der Waals surface area contributed by atoms with Crippen LogP contribution in [0.1, 0.15) is 25.2 Å². The highest BCUT2D eigenvalue weighted by molar-refractivity contribution is 5.80. The van der Waals surface area contributed by atoms with E-state index in [9.17, 15) is 22.8 Å². The lowest BCUT2D eigenvalue weighted by atomic mass is 10.2. The van der Waals surface area contributed by atoms with Crippen molar-refractivity contribution in [2.75, 3.05) is 6.61 Å². The van der Waals surface area contributed by atoms with E-state index < -0.39 is 35.2 Å². The van der Waals surface area contributed by atoms with Gasteiger partial charge >= 0.3 is 12.1 Å². The minimum Gasteiger partial charge on any atom is -0.479 e. The molecule has 0 fully saturated rings. The fraction of sp³-hybridized carbons (Fsp3) is 0.273. The molecule has 0 amide bonds. The third-order valence-electron chi connectivity index (χ3n) is 4.22. The number of ether oxygens (including phenoxy) is 3. The van der Waals surface area contributed by atoms with Gasteiger partial charge in [0.25, 0.3) is 5.76 Å². The SMILES string of the molecule is CCOC(=O)[C@@H](C)Oc1ccc2c(=O)c(Oc3cccc(C)c3)c(C(F)(F)F)oc2c1. The van der Waals surface area contributed by atoms with Gasteiger partial charge in [0.05, 0.1) is 12.0 Å². The molecule has 1 aromatic heterocycles. The third kappa shape index (κ3) is 4.99. The van der Waals surface area contributed by atoms with Gasteiger partial charge in [-0.1, -0.05) is 12.1 Å². The summed E-state index contributed by atoms with van der Waals surface area (Å²) in [6, 6.07) is 9.96. The molecule has 0 aliphatic rings. The molecule has 0 bridgehead atoms. The van der Waals surface area contributed by atoms with Crippen LogP contribution >= 0.6 is 0 Å². The van der Waals surface area contributed by atoms with Crippen molar-refractivity contribution in [2.24, 2.45) is 0 Å². The first kappa shape index (κ1) is 22.2. The Balaban J connectivity index is 2.06. The Hall–Kier alpha value is -3.49. The first-order valence-corrected chi connectivity index (χ1v) is 9.36. The van der Waals surface area contributed by atoms with Gasteiger partial charge in [0.15, 0.2) is 6.10 Å². The zero-order valence-corrected chi connectivity index (χ0v) is 16.9. The minimum atomic E-state index is -4.98. The fourth-order valence-electron chi connectivity index (χ4n) is 2.82. The quantitative estimate of drug-likeness (QED) is 0.492. The summed E-state index contributed by atoms with van der Waals surface area (Å²) in [6.45, 7) is 4.94. The number of halogens is 3. The Morgan fingerprint density at radius 1 is 1.13 bits per heavy atom. The Kier molecular flexibility index (Phi) is 6.24. The zero-order valence-electron chi connectivity index (χ0n) is 16.9. The second-order valence-electron chi connectivity index (χ2n) is 6.68. The van der Waals surface area contributed by atoms with Crippen molar-refractivity contribution in [3.05, 3.63) is 64.0 Å². The monoisotopic (exact) mass is 436 g/mol. The van der Waals surface area contributed by atoms with Crippen LogP contribution in [0, 0.1) is 6.92 Å². The normalized spacial score (nSPS) is 12.5. The average molecular weight is 436 g/mol. The molecule has 3 rings (SSSR count). The van der Waals surface area contributed by atoms with Gasteiger partial charge in [-0.05, 0) is 50.6 Å². The summed E-state index contributed by atoms with van der Waals surface area (Å²) in [5.41, 5.74) is -0.601. The minimum absolute atomic E-state index is 0.0386. The maximum Gasteiger partial charge on any atom is 0.453 e. The van der Waals surface area contributed by atoms with Crippen LogP contribution in [0.3, 0.4) is 0 Å². The topological polar surface area (TPSA) is 75.0 Å². The van der Waals surface area contributed by atoms with Crippen molar-refractivity contribution in [2.45, 2.75) is 33.1 Å². The van der Waals surface area contributed by atoms with E-state index in [0.717, 1.165) is 11.6 Å². The van der Waals surface area contributed by atoms with E-state index in [1.807, 2.05) is 0 Å². The van der Waals surface area contributed by atoms with Crippen LogP contribution in [-0.2, 0) is 15.7 Å². The number of alkyl halides is 3. The van der Waals surface area contributed by atoms with Gasteiger partial charge in [0, 0.05) is 6.07 Å². The summed E-state index contributed by atoms with van der Waals surface area (Å²) < 4.78 is 61.4. The second kappa shape index (κ2) is 8.71. The molecule has 1 heterocycles. The number of carbonyl (C=O) groups is 1. The molecule has 6 nitrogen and oxygen atoms in total. The number of rotatable bonds is 6. The lowest BCUT2D eigenvalue weighted by Gasteiger charge is -2.15. The van der Waals surface area contributed by atoms with Crippen molar-refractivity contribution in [1.82, 2.24) is 0 Å². The van der Waals surface area contributed by atoms with Gasteiger partial charge in [-0.15, -0.1) is 0 Å². The number of hydrogen-bond donors (Lipinski definition) is 0. The first-order chi connectivity index (χ1) is 14.6. The standard InChI is InChI=1S/C22H19F3O6/c1-4-28-21(27)13(3)29-15-8-9-16-17(11-15)31-20(22(23,24)25)19(18(16)26)30-14-7-5-6-12(2)10-14/h5-11,13H,4H2,1-3H3/t13-/m1/s1. The summed E-state index contributed by atoms with van der Waals surface area (Å²) in [5, 5.41) is -0.133. The molecule has 9 heteroatoms. The maximum absolute atomic E-state index is 13.6. The van der Waals surface area contributed by atoms with Crippen LogP contribution in [0.15, 0.2) is 51.7 Å². The van der Waals surface area contributed by atoms with E-state index in [1.54, 1.807) is 26.0 Å². The number of carbonyl (C=O) groups excluding carboxylic acids is 1. The highest BCUT2D eigenvalue weighted by atomic mass is 19.4. The van der Waals surface area contributed by atoms with E-state index in [2.05, 4.69) is 0 Å². The summed E-state index contributed by atoms with van der Waals surface area (Å²) in [7, 11) is 0. The molecule has 31 heavy (non-hydrogen) atoms. The summed E-state index contributed by atoms with van der Waals surface area (Å²) in [6.07, 6.45) is -5.99. The summed E-state index contributed by atoms with van der Waals surface area (Å²) in [4.78, 5) is 24.5. The maximum atomic E-state index is 13.6.